The molecule has 0 amide bonds. The van der Waals surface area contributed by atoms with Gasteiger partial charge in [-0.2, -0.15) is 0 Å². The third-order valence-electron chi connectivity index (χ3n) is 6.55. The molecule has 4 nitrogen and oxygen atoms in total. The van der Waals surface area contributed by atoms with Crippen LogP contribution in [0.3, 0.4) is 0 Å². The number of rotatable bonds is 6. The average molecular weight is 438 g/mol. The van der Waals surface area contributed by atoms with Crippen molar-refractivity contribution < 1.29 is 14.6 Å². The van der Waals surface area contributed by atoms with E-state index in [-0.39, 0.29) is 12.0 Å². The molecule has 1 aliphatic heterocycles. The van der Waals surface area contributed by atoms with Gasteiger partial charge >= 0.3 is 5.97 Å². The van der Waals surface area contributed by atoms with Crippen LogP contribution in [0, 0.1) is 6.92 Å². The third kappa shape index (κ3) is 4.35. The van der Waals surface area contributed by atoms with Gasteiger partial charge in [-0.1, -0.05) is 72.8 Å². The lowest BCUT2D eigenvalue weighted by atomic mass is 9.83. The Hall–Kier alpha value is -3.63. The van der Waals surface area contributed by atoms with Crippen molar-refractivity contribution >= 4 is 16.7 Å². The van der Waals surface area contributed by atoms with E-state index in [0.29, 0.717) is 12.1 Å². The minimum absolute atomic E-state index is 0.00513. The van der Waals surface area contributed by atoms with Crippen LogP contribution < -0.4 is 10.1 Å². The molecule has 5 rings (SSSR count). The van der Waals surface area contributed by atoms with E-state index in [1.807, 2.05) is 37.3 Å². The molecule has 0 saturated carbocycles. The summed E-state index contributed by atoms with van der Waals surface area (Å²) in [5.74, 6) is 0.0872. The maximum atomic E-state index is 11.7. The van der Waals surface area contributed by atoms with Crippen LogP contribution in [-0.2, 0) is 6.54 Å². The molecule has 0 saturated heterocycles. The number of fused-ring (bicyclic) bond motifs is 2. The molecule has 0 aromatic heterocycles. The Labute approximate surface area is 193 Å². The summed E-state index contributed by atoms with van der Waals surface area (Å²) in [5.41, 5.74) is 4.54. The Balaban J connectivity index is 1.36. The van der Waals surface area contributed by atoms with Crippen molar-refractivity contribution in [2.75, 3.05) is 6.54 Å². The monoisotopic (exact) mass is 437 g/mol. The number of nitrogens with one attached hydrogen (secondary N) is 1. The fraction of sp³-hybridized carbons (Fsp3) is 0.207. The molecule has 4 heteroatoms. The molecular formula is C29H27NO3. The molecule has 0 radical (unpaired) electrons. The number of carboxylic acids is 1. The third-order valence-corrected chi connectivity index (χ3v) is 6.55. The molecule has 2 N–H and O–H groups in total. The highest BCUT2D eigenvalue weighted by atomic mass is 16.5. The van der Waals surface area contributed by atoms with Gasteiger partial charge in [-0.15, -0.1) is 0 Å². The molecule has 2 atom stereocenters. The summed E-state index contributed by atoms with van der Waals surface area (Å²) in [6.45, 7) is 3.32. The smallest absolute Gasteiger partial charge is 0.335 e. The molecule has 4 aromatic carbocycles. The van der Waals surface area contributed by atoms with Crippen LogP contribution in [0.4, 0.5) is 0 Å². The first-order valence-electron chi connectivity index (χ1n) is 11.4. The summed E-state index contributed by atoms with van der Waals surface area (Å²) < 4.78 is 6.33. The van der Waals surface area contributed by atoms with E-state index in [0.717, 1.165) is 35.4 Å². The maximum Gasteiger partial charge on any atom is 0.335 e. The molecule has 33 heavy (non-hydrogen) atoms. The molecule has 0 spiro atoms. The van der Waals surface area contributed by atoms with Crippen molar-refractivity contribution in [3.05, 3.63) is 113 Å². The normalized spacial score (nSPS) is 17.4. The van der Waals surface area contributed by atoms with Crippen molar-refractivity contribution in [3.63, 3.8) is 0 Å². The predicted octanol–water partition coefficient (Wildman–Crippen LogP) is 5.92. The first kappa shape index (κ1) is 21.2. The summed E-state index contributed by atoms with van der Waals surface area (Å²) in [6.07, 6.45) is 0.788. The van der Waals surface area contributed by atoms with Crippen molar-refractivity contribution in [2.45, 2.75) is 31.9 Å². The van der Waals surface area contributed by atoms with Crippen molar-refractivity contribution in [1.29, 1.82) is 0 Å². The Kier molecular flexibility index (Phi) is 5.84. The van der Waals surface area contributed by atoms with Crippen molar-refractivity contribution in [1.82, 2.24) is 5.32 Å². The molecular weight excluding hydrogens is 410 g/mol. The van der Waals surface area contributed by atoms with Gasteiger partial charge in [0.1, 0.15) is 11.9 Å². The Morgan fingerprint density at radius 3 is 2.67 bits per heavy atom. The van der Waals surface area contributed by atoms with Gasteiger partial charge < -0.3 is 15.2 Å². The highest BCUT2D eigenvalue weighted by molar-refractivity contribution is 5.89. The zero-order valence-corrected chi connectivity index (χ0v) is 18.6. The second-order valence-corrected chi connectivity index (χ2v) is 8.71. The van der Waals surface area contributed by atoms with Gasteiger partial charge in [0.15, 0.2) is 0 Å². The zero-order chi connectivity index (χ0) is 22.8. The number of aromatic carboxylic acids is 1. The number of hydrogen-bond acceptors (Lipinski definition) is 3. The van der Waals surface area contributed by atoms with Crippen molar-refractivity contribution in [2.24, 2.45) is 0 Å². The highest BCUT2D eigenvalue weighted by Crippen LogP contribution is 2.40. The summed E-state index contributed by atoms with van der Waals surface area (Å²) in [7, 11) is 0. The minimum atomic E-state index is -0.886. The predicted molar refractivity (Wildman–Crippen MR) is 131 cm³/mol. The van der Waals surface area contributed by atoms with E-state index in [4.69, 9.17) is 4.74 Å². The van der Waals surface area contributed by atoms with E-state index in [2.05, 4.69) is 59.9 Å². The van der Waals surface area contributed by atoms with Gasteiger partial charge in [-0.3, -0.25) is 0 Å². The van der Waals surface area contributed by atoms with Crippen LogP contribution in [0.25, 0.3) is 10.8 Å². The highest BCUT2D eigenvalue weighted by Gasteiger charge is 2.29. The van der Waals surface area contributed by atoms with Crippen LogP contribution >= 0.6 is 0 Å². The molecule has 0 fully saturated rings. The molecule has 166 valence electrons. The van der Waals surface area contributed by atoms with Crippen LogP contribution in [0.5, 0.6) is 5.75 Å². The fourth-order valence-corrected chi connectivity index (χ4v) is 4.84. The number of hydrogen-bond donors (Lipinski definition) is 2. The largest absolute Gasteiger partial charge is 0.489 e. The van der Waals surface area contributed by atoms with E-state index in [9.17, 15) is 9.90 Å². The van der Waals surface area contributed by atoms with Gasteiger partial charge in [0.2, 0.25) is 0 Å². The van der Waals surface area contributed by atoms with Crippen molar-refractivity contribution in [3.8, 4) is 5.75 Å². The van der Waals surface area contributed by atoms with Crippen LogP contribution in [0.1, 0.15) is 45.0 Å². The fourth-order valence-electron chi connectivity index (χ4n) is 4.84. The Morgan fingerprint density at radius 1 is 1.00 bits per heavy atom. The Bertz CT molecular complexity index is 1310. The maximum absolute atomic E-state index is 11.7. The summed E-state index contributed by atoms with van der Waals surface area (Å²) in [5, 5.41) is 15.7. The number of carboxylic acid groups (broad SMARTS) is 1. The van der Waals surface area contributed by atoms with Gasteiger partial charge in [-0.05, 0) is 52.9 Å². The van der Waals surface area contributed by atoms with Crippen LogP contribution in [0.15, 0.2) is 84.9 Å². The Morgan fingerprint density at radius 2 is 1.79 bits per heavy atom. The number of ether oxygens (including phenoxy) is 1. The first-order chi connectivity index (χ1) is 16.1. The van der Waals surface area contributed by atoms with E-state index in [1.165, 1.54) is 16.3 Å². The van der Waals surface area contributed by atoms with Crippen LogP contribution in [-0.4, -0.2) is 23.7 Å². The lowest BCUT2D eigenvalue weighted by molar-refractivity contribution is 0.0696. The quantitative estimate of drug-likeness (QED) is 0.393. The van der Waals surface area contributed by atoms with Crippen LogP contribution in [0.2, 0.25) is 0 Å². The molecule has 0 bridgehead atoms. The SMILES string of the molecule is Cc1ccc([C@@H]2C[C@H](CNCc3cccc4ccccc34)Oc3ccccc32)cc1C(=O)O. The zero-order valence-electron chi connectivity index (χ0n) is 18.6. The number of para-hydroxylation sites is 1. The standard InChI is InChI=1S/C29H27NO3/c1-19-13-14-21(15-26(19)29(31)32)27-16-23(33-28-12-5-4-11-25(27)28)18-30-17-22-9-6-8-20-7-2-3-10-24(20)22/h2-15,23,27,30H,16-18H2,1H3,(H,31,32)/t23-,27+/m1/s1. The second kappa shape index (κ2) is 9.08. The summed E-state index contributed by atoms with van der Waals surface area (Å²) >= 11 is 0. The van der Waals surface area contributed by atoms with E-state index >= 15 is 0 Å². The molecule has 1 aliphatic rings. The lowest BCUT2D eigenvalue weighted by Gasteiger charge is -2.33. The summed E-state index contributed by atoms with van der Waals surface area (Å²) in [4.78, 5) is 11.7. The minimum Gasteiger partial charge on any atom is -0.489 e. The average Bonchev–Trinajstić information content (AvgIpc) is 2.84. The number of carbonyl (C=O) groups is 1. The number of benzene rings is 4. The lowest BCUT2D eigenvalue weighted by Crippen LogP contribution is -2.35. The number of aryl methyl sites for hydroxylation is 1. The van der Waals surface area contributed by atoms with Gasteiger partial charge in [0.05, 0.1) is 5.56 Å². The molecule has 0 unspecified atom stereocenters. The van der Waals surface area contributed by atoms with E-state index in [1.54, 1.807) is 0 Å². The van der Waals surface area contributed by atoms with Gasteiger partial charge in [0, 0.05) is 24.6 Å². The topological polar surface area (TPSA) is 58.6 Å². The van der Waals surface area contributed by atoms with Gasteiger partial charge in [0.25, 0.3) is 0 Å². The molecule has 4 aromatic rings. The summed E-state index contributed by atoms with van der Waals surface area (Å²) in [6, 6.07) is 28.7. The van der Waals surface area contributed by atoms with Gasteiger partial charge in [-0.25, -0.2) is 4.79 Å². The molecule has 0 aliphatic carbocycles. The molecule has 1 heterocycles. The second-order valence-electron chi connectivity index (χ2n) is 8.71. The first-order valence-corrected chi connectivity index (χ1v) is 11.4. The van der Waals surface area contributed by atoms with E-state index < -0.39 is 5.97 Å².